The Balaban J connectivity index is 2.54. The molecule has 0 atom stereocenters. The Bertz CT molecular complexity index is 326. The van der Waals surface area contributed by atoms with Crippen LogP contribution in [0.1, 0.15) is 12.8 Å². The third kappa shape index (κ3) is 3.42. The quantitative estimate of drug-likeness (QED) is 0.581. The van der Waals surface area contributed by atoms with Gasteiger partial charge in [-0.2, -0.15) is 5.26 Å². The molecule has 0 amide bonds. The van der Waals surface area contributed by atoms with E-state index in [0.29, 0.717) is 16.5 Å². The Morgan fingerprint density at radius 2 is 1.93 bits per heavy atom. The van der Waals surface area contributed by atoms with Crippen LogP contribution in [0.5, 0.6) is 0 Å². The maximum absolute atomic E-state index is 8.36. The fourth-order valence-electron chi connectivity index (χ4n) is 0.946. The normalized spacial score (nSPS) is 9.79. The minimum atomic E-state index is 0.578. The van der Waals surface area contributed by atoms with E-state index in [1.165, 1.54) is 0 Å². The van der Waals surface area contributed by atoms with Crippen molar-refractivity contribution in [1.82, 2.24) is 0 Å². The number of thioether (sulfide) groups is 1. The molecule has 14 heavy (non-hydrogen) atoms. The first-order valence-electron chi connectivity index (χ1n) is 4.19. The van der Waals surface area contributed by atoms with Crippen LogP contribution in [-0.2, 0) is 0 Å². The van der Waals surface area contributed by atoms with Gasteiger partial charge in [0.25, 0.3) is 0 Å². The number of hydrogen-bond donors (Lipinski definition) is 0. The molecule has 0 saturated carbocycles. The molecule has 1 rings (SSSR count). The Labute approximate surface area is 98.0 Å². The zero-order chi connectivity index (χ0) is 10.4. The van der Waals surface area contributed by atoms with Crippen LogP contribution < -0.4 is 0 Å². The molecule has 0 bridgehead atoms. The highest BCUT2D eigenvalue weighted by Gasteiger charge is 2.04. The second-order valence-corrected chi connectivity index (χ2v) is 4.58. The maximum Gasteiger partial charge on any atom is 0.0622 e. The molecule has 0 aromatic heterocycles. The van der Waals surface area contributed by atoms with Crippen molar-refractivity contribution in [2.24, 2.45) is 0 Å². The molecule has 4 heteroatoms. The lowest BCUT2D eigenvalue weighted by Crippen LogP contribution is -1.81. The van der Waals surface area contributed by atoms with Crippen molar-refractivity contribution in [1.29, 1.82) is 5.26 Å². The molecule has 74 valence electrons. The number of nitrogens with zero attached hydrogens (tertiary/aromatic N) is 1. The van der Waals surface area contributed by atoms with Crippen molar-refractivity contribution in [2.45, 2.75) is 17.7 Å². The number of hydrogen-bond acceptors (Lipinski definition) is 2. The first-order chi connectivity index (χ1) is 6.75. The summed E-state index contributed by atoms with van der Waals surface area (Å²) in [5.41, 5.74) is 0. The smallest absolute Gasteiger partial charge is 0.0622 e. The molecule has 0 unspecified atom stereocenters. The molecule has 0 heterocycles. The second kappa shape index (κ2) is 6.19. The summed E-state index contributed by atoms with van der Waals surface area (Å²) in [6.07, 6.45) is 1.44. The second-order valence-electron chi connectivity index (χ2n) is 2.66. The largest absolute Gasteiger partial charge is 0.198 e. The molecule has 0 N–H and O–H groups in total. The Hall–Kier alpha value is -0.360. The minimum Gasteiger partial charge on any atom is -0.198 e. The van der Waals surface area contributed by atoms with Crippen molar-refractivity contribution in [3.8, 4) is 6.07 Å². The average Bonchev–Trinajstić information content (AvgIpc) is 2.16. The zero-order valence-corrected chi connectivity index (χ0v) is 9.79. The Morgan fingerprint density at radius 3 is 2.50 bits per heavy atom. The fourth-order valence-corrected chi connectivity index (χ4v) is 2.58. The van der Waals surface area contributed by atoms with E-state index in [-0.39, 0.29) is 0 Å². The van der Waals surface area contributed by atoms with E-state index >= 15 is 0 Å². The molecule has 0 aliphatic heterocycles. The molecule has 1 aromatic rings. The van der Waals surface area contributed by atoms with Gasteiger partial charge in [0.05, 0.1) is 16.1 Å². The van der Waals surface area contributed by atoms with E-state index in [4.69, 9.17) is 28.5 Å². The summed E-state index contributed by atoms with van der Waals surface area (Å²) < 4.78 is 0. The predicted octanol–water partition coefficient (Wildman–Crippen LogP) is 4.39. The first-order valence-corrected chi connectivity index (χ1v) is 5.93. The van der Waals surface area contributed by atoms with Gasteiger partial charge in [0.2, 0.25) is 0 Å². The molecule has 0 aliphatic carbocycles. The van der Waals surface area contributed by atoms with Crippen molar-refractivity contribution in [2.75, 3.05) is 5.75 Å². The highest BCUT2D eigenvalue weighted by Crippen LogP contribution is 2.34. The minimum absolute atomic E-state index is 0.578. The van der Waals surface area contributed by atoms with Crippen LogP contribution in [0.25, 0.3) is 0 Å². The van der Waals surface area contributed by atoms with E-state index in [1.807, 2.05) is 18.2 Å². The lowest BCUT2D eigenvalue weighted by molar-refractivity contribution is 0.981. The van der Waals surface area contributed by atoms with Gasteiger partial charge in [0.1, 0.15) is 0 Å². The Morgan fingerprint density at radius 1 is 1.29 bits per heavy atom. The van der Waals surface area contributed by atoms with E-state index in [1.54, 1.807) is 11.8 Å². The molecule has 0 fully saturated rings. The number of benzene rings is 1. The molecule has 1 aromatic carbocycles. The van der Waals surface area contributed by atoms with Gasteiger partial charge in [-0.25, -0.2) is 0 Å². The Kier molecular flexibility index (Phi) is 5.17. The first kappa shape index (κ1) is 11.7. The summed E-state index contributed by atoms with van der Waals surface area (Å²) >= 11 is 13.5. The monoisotopic (exact) mass is 245 g/mol. The number of unbranched alkanes of at least 4 members (excludes halogenated alkanes) is 1. The van der Waals surface area contributed by atoms with Gasteiger partial charge >= 0.3 is 0 Å². The number of nitriles is 1. The lowest BCUT2D eigenvalue weighted by Gasteiger charge is -2.04. The summed E-state index contributed by atoms with van der Waals surface area (Å²) in [6.45, 7) is 0. The molecule has 1 nitrogen and oxygen atoms in total. The zero-order valence-electron chi connectivity index (χ0n) is 7.46. The van der Waals surface area contributed by atoms with Crippen LogP contribution in [0.3, 0.4) is 0 Å². The van der Waals surface area contributed by atoms with Crippen LogP contribution in [0.4, 0.5) is 0 Å². The summed E-state index contributed by atoms with van der Waals surface area (Å²) in [6, 6.07) is 7.57. The van der Waals surface area contributed by atoms with E-state index < -0.39 is 0 Å². The van der Waals surface area contributed by atoms with Gasteiger partial charge in [0, 0.05) is 11.3 Å². The number of halogens is 2. The lowest BCUT2D eigenvalue weighted by atomic mass is 10.4. The van der Waals surface area contributed by atoms with Gasteiger partial charge < -0.3 is 0 Å². The fraction of sp³-hybridized carbons (Fsp3) is 0.300. The van der Waals surface area contributed by atoms with E-state index in [0.717, 1.165) is 17.1 Å². The van der Waals surface area contributed by atoms with Crippen molar-refractivity contribution in [3.63, 3.8) is 0 Å². The van der Waals surface area contributed by atoms with Crippen molar-refractivity contribution < 1.29 is 0 Å². The van der Waals surface area contributed by atoms with Gasteiger partial charge in [-0.1, -0.05) is 29.3 Å². The van der Waals surface area contributed by atoms with Crippen LogP contribution in [-0.4, -0.2) is 5.75 Å². The highest BCUT2D eigenvalue weighted by atomic mass is 35.5. The van der Waals surface area contributed by atoms with Crippen LogP contribution >= 0.6 is 35.0 Å². The summed E-state index contributed by atoms with van der Waals surface area (Å²) in [5.74, 6) is 0.872. The van der Waals surface area contributed by atoms with E-state index in [2.05, 4.69) is 6.07 Å². The summed E-state index contributed by atoms with van der Waals surface area (Å²) in [7, 11) is 0. The highest BCUT2D eigenvalue weighted by molar-refractivity contribution is 7.99. The molecule has 0 saturated heterocycles. The summed E-state index contributed by atoms with van der Waals surface area (Å²) in [4.78, 5) is 0.911. The van der Waals surface area contributed by atoms with Crippen molar-refractivity contribution >= 4 is 35.0 Å². The average molecular weight is 246 g/mol. The predicted molar refractivity (Wildman–Crippen MR) is 62.0 cm³/mol. The molecule has 0 radical (unpaired) electrons. The summed E-state index contributed by atoms with van der Waals surface area (Å²) in [5, 5.41) is 9.72. The maximum atomic E-state index is 8.36. The van der Waals surface area contributed by atoms with Gasteiger partial charge in [-0.05, 0) is 24.3 Å². The SMILES string of the molecule is N#CCCCSc1c(Cl)cccc1Cl. The molecular formula is C10H9Cl2NS. The molecule has 0 spiro atoms. The van der Waals surface area contributed by atoms with Crippen LogP contribution in [0.2, 0.25) is 10.0 Å². The third-order valence-corrected chi connectivity index (χ3v) is 3.67. The van der Waals surface area contributed by atoms with E-state index in [9.17, 15) is 0 Å². The van der Waals surface area contributed by atoms with Gasteiger partial charge in [0.15, 0.2) is 0 Å². The van der Waals surface area contributed by atoms with Gasteiger partial charge in [-0.15, -0.1) is 11.8 Å². The van der Waals surface area contributed by atoms with Gasteiger partial charge in [-0.3, -0.25) is 0 Å². The molecule has 0 aliphatic rings. The number of rotatable bonds is 4. The topological polar surface area (TPSA) is 23.8 Å². The van der Waals surface area contributed by atoms with Crippen LogP contribution in [0.15, 0.2) is 23.1 Å². The molecular weight excluding hydrogens is 237 g/mol. The standard InChI is InChI=1S/C10H9Cl2NS/c11-8-4-3-5-9(12)10(8)14-7-2-1-6-13/h3-5H,1-2,7H2. The van der Waals surface area contributed by atoms with Crippen LogP contribution in [0, 0.1) is 11.3 Å². The van der Waals surface area contributed by atoms with Crippen molar-refractivity contribution in [3.05, 3.63) is 28.2 Å². The third-order valence-electron chi connectivity index (χ3n) is 1.60.